The molecule has 3 heterocycles. The molecule has 0 aliphatic rings. The largest absolute Gasteiger partial charge is 0.503 e. The van der Waals surface area contributed by atoms with Crippen LogP contribution in [0.1, 0.15) is 0 Å². The molecule has 9 nitrogen and oxygen atoms in total. The van der Waals surface area contributed by atoms with Gasteiger partial charge in [-0.1, -0.05) is 0 Å². The van der Waals surface area contributed by atoms with Crippen LogP contribution >= 0.6 is 0 Å². The van der Waals surface area contributed by atoms with Crippen LogP contribution in [0.3, 0.4) is 0 Å². The van der Waals surface area contributed by atoms with Crippen LogP contribution in [0.2, 0.25) is 0 Å². The van der Waals surface area contributed by atoms with Crippen molar-refractivity contribution in [3.63, 3.8) is 0 Å². The number of rotatable bonds is 0. The highest BCUT2D eigenvalue weighted by Gasteiger charge is 2.19. The van der Waals surface area contributed by atoms with E-state index in [2.05, 4.69) is 15.0 Å². The molecule has 1 aromatic carbocycles. The van der Waals surface area contributed by atoms with Crippen LogP contribution in [-0.4, -0.2) is 45.6 Å². The van der Waals surface area contributed by atoms with Crippen LogP contribution in [-0.2, 0) is 0 Å². The summed E-state index contributed by atoms with van der Waals surface area (Å²) < 4.78 is 0. The molecule has 0 aliphatic carbocycles. The molecule has 0 atom stereocenters. The summed E-state index contributed by atoms with van der Waals surface area (Å²) in [4.78, 5) is 11.6. The van der Waals surface area contributed by atoms with E-state index in [1.54, 1.807) is 0 Å². The first-order chi connectivity index (χ1) is 11.4. The number of fused-ring (bicyclic) bond motifs is 6. The van der Waals surface area contributed by atoms with Crippen molar-refractivity contribution < 1.29 is 30.6 Å². The van der Waals surface area contributed by atoms with Crippen LogP contribution < -0.4 is 0 Å². The number of aromatic nitrogens is 3. The molecule has 0 spiro atoms. The van der Waals surface area contributed by atoms with Crippen molar-refractivity contribution in [2.75, 3.05) is 0 Å². The zero-order valence-electron chi connectivity index (χ0n) is 11.8. The fourth-order valence-electron chi connectivity index (χ4n) is 2.64. The van der Waals surface area contributed by atoms with Gasteiger partial charge in [-0.3, -0.25) is 0 Å². The Morgan fingerprint density at radius 3 is 0.958 bits per heavy atom. The fourth-order valence-corrected chi connectivity index (χ4v) is 2.64. The summed E-state index contributed by atoms with van der Waals surface area (Å²) in [5.74, 6) is -3.44. The summed E-state index contributed by atoms with van der Waals surface area (Å²) >= 11 is 0. The number of nitrogens with zero attached hydrogens (tertiary/aromatic N) is 3. The minimum atomic E-state index is -0.640. The Bertz CT molecular complexity index is 908. The van der Waals surface area contributed by atoms with Crippen molar-refractivity contribution in [3.05, 3.63) is 18.2 Å². The summed E-state index contributed by atoms with van der Waals surface area (Å²) in [7, 11) is 0. The van der Waals surface area contributed by atoms with Gasteiger partial charge < -0.3 is 30.6 Å². The predicted octanol–water partition coefficient (Wildman–Crippen LogP) is 1.56. The van der Waals surface area contributed by atoms with E-state index in [1.165, 1.54) is 18.2 Å². The van der Waals surface area contributed by atoms with Crippen LogP contribution in [0.25, 0.3) is 32.7 Å². The molecular weight excluding hydrogens is 318 g/mol. The Labute approximate surface area is 132 Å². The minimum absolute atomic E-state index is 0.133. The third kappa shape index (κ3) is 1.72. The van der Waals surface area contributed by atoms with Crippen LogP contribution in [0.15, 0.2) is 18.2 Å². The SMILES string of the molecule is Oc1cc2c(nc1O)c1cc(O)c(O)nc1c1cc(O)c(O)nc21. The average Bonchev–Trinajstić information content (AvgIpc) is 2.53. The van der Waals surface area contributed by atoms with Gasteiger partial charge in [0.15, 0.2) is 17.2 Å². The van der Waals surface area contributed by atoms with Gasteiger partial charge in [-0.25, -0.2) is 15.0 Å². The summed E-state index contributed by atoms with van der Waals surface area (Å²) in [5.41, 5.74) is 0.398. The topological polar surface area (TPSA) is 160 Å². The molecule has 9 heteroatoms. The molecule has 0 unspecified atom stereocenters. The molecule has 4 aromatic rings. The fraction of sp³-hybridized carbons (Fsp3) is 0. The molecular formula is C15H9N3O6. The lowest BCUT2D eigenvalue weighted by Crippen LogP contribution is -1.92. The van der Waals surface area contributed by atoms with E-state index in [1.807, 2.05) is 0 Å². The standard InChI is InChI=1S/C15H9N3O6/c19-7-1-4-10(16-13(7)22)5-2-9(21)15(24)18-12(5)6-3-8(20)14(23)17-11(4)6/h1-3,19-21H,(H,16,22)(H,17,23)(H,18,24). The van der Waals surface area contributed by atoms with Crippen molar-refractivity contribution >= 4 is 32.7 Å². The Morgan fingerprint density at radius 1 is 0.458 bits per heavy atom. The minimum Gasteiger partial charge on any atom is -0.503 e. The van der Waals surface area contributed by atoms with Gasteiger partial charge in [0, 0.05) is 16.2 Å². The van der Waals surface area contributed by atoms with Gasteiger partial charge in [0.05, 0.1) is 16.6 Å². The highest BCUT2D eigenvalue weighted by molar-refractivity contribution is 6.22. The molecule has 3 aromatic heterocycles. The average molecular weight is 327 g/mol. The number of hydrogen-bond acceptors (Lipinski definition) is 9. The molecule has 0 bridgehead atoms. The van der Waals surface area contributed by atoms with Gasteiger partial charge in [-0.2, -0.15) is 0 Å². The molecule has 4 rings (SSSR count). The van der Waals surface area contributed by atoms with Crippen LogP contribution in [0.4, 0.5) is 0 Å². The van der Waals surface area contributed by atoms with Gasteiger partial charge in [0.25, 0.3) is 17.6 Å². The van der Waals surface area contributed by atoms with E-state index in [0.29, 0.717) is 0 Å². The van der Waals surface area contributed by atoms with Crippen molar-refractivity contribution in [2.45, 2.75) is 0 Å². The first kappa shape index (κ1) is 13.9. The molecule has 0 fully saturated rings. The monoisotopic (exact) mass is 327 g/mol. The summed E-state index contributed by atoms with van der Waals surface area (Å²) in [6.45, 7) is 0. The van der Waals surface area contributed by atoms with Crippen molar-refractivity contribution in [3.8, 4) is 34.9 Å². The molecule has 0 radical (unpaired) electrons. The maximum atomic E-state index is 9.71. The summed E-state index contributed by atoms with van der Waals surface area (Å²) in [6.07, 6.45) is 0. The zero-order valence-corrected chi connectivity index (χ0v) is 11.8. The van der Waals surface area contributed by atoms with Gasteiger partial charge in [-0.15, -0.1) is 0 Å². The van der Waals surface area contributed by atoms with E-state index in [4.69, 9.17) is 0 Å². The van der Waals surface area contributed by atoms with Gasteiger partial charge >= 0.3 is 0 Å². The Hall–Kier alpha value is -3.75. The van der Waals surface area contributed by atoms with Crippen LogP contribution in [0.5, 0.6) is 34.9 Å². The van der Waals surface area contributed by atoms with Gasteiger partial charge in [-0.05, 0) is 18.2 Å². The number of hydrogen-bond donors (Lipinski definition) is 6. The number of benzene rings is 1. The van der Waals surface area contributed by atoms with Gasteiger partial charge in [0.1, 0.15) is 0 Å². The highest BCUT2D eigenvalue weighted by Crippen LogP contribution is 2.41. The Kier molecular flexibility index (Phi) is 2.53. The first-order valence-electron chi connectivity index (χ1n) is 6.67. The third-order valence-electron chi connectivity index (χ3n) is 3.71. The third-order valence-corrected chi connectivity index (χ3v) is 3.71. The maximum absolute atomic E-state index is 9.71. The highest BCUT2D eigenvalue weighted by atomic mass is 16.3. The number of aromatic hydroxyl groups is 6. The van der Waals surface area contributed by atoms with E-state index in [-0.39, 0.29) is 32.7 Å². The van der Waals surface area contributed by atoms with E-state index < -0.39 is 34.9 Å². The maximum Gasteiger partial charge on any atom is 0.254 e. The van der Waals surface area contributed by atoms with Crippen molar-refractivity contribution in [2.24, 2.45) is 0 Å². The van der Waals surface area contributed by atoms with Crippen molar-refractivity contribution in [1.82, 2.24) is 15.0 Å². The lowest BCUT2D eigenvalue weighted by molar-refractivity contribution is 0.389. The molecule has 0 aliphatic heterocycles. The second kappa shape index (κ2) is 4.38. The van der Waals surface area contributed by atoms with E-state index in [0.717, 1.165) is 0 Å². The van der Waals surface area contributed by atoms with Crippen molar-refractivity contribution in [1.29, 1.82) is 0 Å². The Balaban J connectivity index is 2.40. The van der Waals surface area contributed by atoms with Crippen LogP contribution in [0, 0.1) is 0 Å². The number of pyridine rings is 3. The Morgan fingerprint density at radius 2 is 0.708 bits per heavy atom. The molecule has 24 heavy (non-hydrogen) atoms. The molecule has 0 saturated heterocycles. The molecule has 0 amide bonds. The van der Waals surface area contributed by atoms with E-state index >= 15 is 0 Å². The first-order valence-corrected chi connectivity index (χ1v) is 6.67. The predicted molar refractivity (Wildman–Crippen MR) is 82.3 cm³/mol. The molecule has 6 N–H and O–H groups in total. The molecule has 120 valence electrons. The summed E-state index contributed by atoms with van der Waals surface area (Å²) in [6, 6.07) is 3.56. The lowest BCUT2D eigenvalue weighted by Gasteiger charge is -2.11. The normalized spacial score (nSPS) is 11.5. The molecule has 0 saturated carbocycles. The smallest absolute Gasteiger partial charge is 0.254 e. The van der Waals surface area contributed by atoms with Gasteiger partial charge in [0.2, 0.25) is 0 Å². The second-order valence-electron chi connectivity index (χ2n) is 5.18. The zero-order chi connectivity index (χ0) is 17.2. The summed E-state index contributed by atoms with van der Waals surface area (Å²) in [5, 5.41) is 58.9. The lowest BCUT2D eigenvalue weighted by atomic mass is 10.0. The van der Waals surface area contributed by atoms with E-state index in [9.17, 15) is 30.6 Å². The quantitative estimate of drug-likeness (QED) is 0.263. The second-order valence-corrected chi connectivity index (χ2v) is 5.18.